The van der Waals surface area contributed by atoms with Gasteiger partial charge in [0.2, 0.25) is 5.91 Å². The molecule has 2 rings (SSSR count). The summed E-state index contributed by atoms with van der Waals surface area (Å²) in [5.74, 6) is 0.379. The molecule has 2 aromatic carbocycles. The van der Waals surface area contributed by atoms with Gasteiger partial charge in [-0.15, -0.1) is 0 Å². The monoisotopic (exact) mass is 324 g/mol. The molecule has 0 saturated carbocycles. The highest BCUT2D eigenvalue weighted by Gasteiger charge is 2.18. The number of carbonyl (C=O) groups is 1. The molecule has 124 valence electrons. The van der Waals surface area contributed by atoms with Gasteiger partial charge in [0.25, 0.3) is 0 Å². The van der Waals surface area contributed by atoms with Gasteiger partial charge in [-0.3, -0.25) is 4.79 Å². The number of nitrogens with one attached hydrogen (secondary N) is 1. The number of amides is 1. The van der Waals surface area contributed by atoms with Gasteiger partial charge in [0.15, 0.2) is 0 Å². The largest absolute Gasteiger partial charge is 0.489 e. The molecule has 0 saturated heterocycles. The van der Waals surface area contributed by atoms with E-state index in [1.165, 1.54) is 7.11 Å². The van der Waals surface area contributed by atoms with Crippen LogP contribution in [0.25, 0.3) is 0 Å². The molecule has 0 radical (unpaired) electrons. The van der Waals surface area contributed by atoms with Gasteiger partial charge < -0.3 is 14.8 Å². The van der Waals surface area contributed by atoms with Crippen molar-refractivity contribution in [3.05, 3.63) is 65.7 Å². The van der Waals surface area contributed by atoms with Gasteiger partial charge in [-0.05, 0) is 30.2 Å². The van der Waals surface area contributed by atoms with E-state index in [2.05, 4.69) is 11.4 Å². The number of benzene rings is 2. The van der Waals surface area contributed by atoms with Crippen LogP contribution in [0.1, 0.15) is 24.1 Å². The minimum atomic E-state index is -0.724. The van der Waals surface area contributed by atoms with E-state index in [0.29, 0.717) is 17.9 Å². The number of carbonyl (C=O) groups excluding carboxylic acids is 1. The molecule has 2 atom stereocenters. The number of hydrogen-bond acceptors (Lipinski definition) is 4. The molecule has 24 heavy (non-hydrogen) atoms. The molecule has 0 aliphatic carbocycles. The second-order valence-corrected chi connectivity index (χ2v) is 5.29. The Kier molecular flexibility index (Phi) is 6.35. The van der Waals surface area contributed by atoms with Crippen LogP contribution < -0.4 is 10.1 Å². The molecule has 1 N–H and O–H groups in total. The zero-order valence-corrected chi connectivity index (χ0v) is 13.7. The Labute approximate surface area is 141 Å². The third-order valence-corrected chi connectivity index (χ3v) is 3.60. The summed E-state index contributed by atoms with van der Waals surface area (Å²) in [5, 5.41) is 11.9. The number of methoxy groups -OCH3 is 1. The van der Waals surface area contributed by atoms with Gasteiger partial charge in [0, 0.05) is 7.11 Å². The number of ether oxygens (including phenoxy) is 2. The molecule has 2 aromatic rings. The van der Waals surface area contributed by atoms with Crippen LogP contribution in [0, 0.1) is 11.3 Å². The van der Waals surface area contributed by atoms with Gasteiger partial charge in [0.05, 0.1) is 6.07 Å². The second-order valence-electron chi connectivity index (χ2n) is 5.29. The quantitative estimate of drug-likeness (QED) is 0.850. The highest BCUT2D eigenvalue weighted by Crippen LogP contribution is 2.19. The minimum absolute atomic E-state index is 0.326. The maximum Gasteiger partial charge on any atom is 0.250 e. The van der Waals surface area contributed by atoms with Crippen molar-refractivity contribution in [3.63, 3.8) is 0 Å². The van der Waals surface area contributed by atoms with E-state index >= 15 is 0 Å². The molecule has 0 unspecified atom stereocenters. The van der Waals surface area contributed by atoms with Gasteiger partial charge in [-0.2, -0.15) is 5.26 Å². The minimum Gasteiger partial charge on any atom is -0.489 e. The van der Waals surface area contributed by atoms with Crippen molar-refractivity contribution >= 4 is 5.91 Å². The topological polar surface area (TPSA) is 71.3 Å². The van der Waals surface area contributed by atoms with Crippen LogP contribution in [0.2, 0.25) is 0 Å². The van der Waals surface area contributed by atoms with E-state index in [4.69, 9.17) is 9.47 Å². The summed E-state index contributed by atoms with van der Waals surface area (Å²) in [6, 6.07) is 18.3. The summed E-state index contributed by atoms with van der Waals surface area (Å²) in [6.45, 7) is 2.11. The lowest BCUT2D eigenvalue weighted by Crippen LogP contribution is -2.36. The van der Waals surface area contributed by atoms with Crippen LogP contribution in [0.15, 0.2) is 54.6 Å². The summed E-state index contributed by atoms with van der Waals surface area (Å²) in [6.07, 6.45) is -0.602. The lowest BCUT2D eigenvalue weighted by atomic mass is 10.1. The highest BCUT2D eigenvalue weighted by molar-refractivity contribution is 5.81. The molecule has 5 nitrogen and oxygen atoms in total. The number of nitriles is 1. The van der Waals surface area contributed by atoms with Crippen LogP contribution in [0.5, 0.6) is 5.75 Å². The van der Waals surface area contributed by atoms with E-state index in [0.717, 1.165) is 5.56 Å². The first kappa shape index (κ1) is 17.5. The lowest BCUT2D eigenvalue weighted by Gasteiger charge is -2.15. The lowest BCUT2D eigenvalue weighted by molar-refractivity contribution is -0.130. The fourth-order valence-corrected chi connectivity index (χ4v) is 2.05. The molecule has 1 amide bonds. The Bertz CT molecular complexity index is 693. The third-order valence-electron chi connectivity index (χ3n) is 3.60. The standard InChI is InChI=1S/C19H20N2O3/c1-14(23-2)19(22)21-18(12-20)16-8-10-17(11-9-16)24-13-15-6-4-3-5-7-15/h3-11,14,18H,13H2,1-2H3,(H,21,22)/t14-,18-/m1/s1. The van der Waals surface area contributed by atoms with Crippen LogP contribution in [0.4, 0.5) is 0 Å². The maximum atomic E-state index is 11.8. The smallest absolute Gasteiger partial charge is 0.250 e. The van der Waals surface area contributed by atoms with Crippen LogP contribution in [-0.4, -0.2) is 19.1 Å². The predicted molar refractivity (Wildman–Crippen MR) is 90.2 cm³/mol. The van der Waals surface area contributed by atoms with Crippen molar-refractivity contribution < 1.29 is 14.3 Å². The molecule has 0 aliphatic heterocycles. The average Bonchev–Trinajstić information content (AvgIpc) is 2.65. The molecule has 0 spiro atoms. The fourth-order valence-electron chi connectivity index (χ4n) is 2.05. The number of hydrogen-bond donors (Lipinski definition) is 1. The number of rotatable bonds is 7. The van der Waals surface area contributed by atoms with E-state index in [-0.39, 0.29) is 5.91 Å². The summed E-state index contributed by atoms with van der Waals surface area (Å²) in [5.41, 5.74) is 1.78. The molecule has 0 fully saturated rings. The summed E-state index contributed by atoms with van der Waals surface area (Å²) in [4.78, 5) is 11.8. The highest BCUT2D eigenvalue weighted by atomic mass is 16.5. The molecular formula is C19H20N2O3. The van der Waals surface area contributed by atoms with Crippen molar-refractivity contribution in [2.24, 2.45) is 0 Å². The van der Waals surface area contributed by atoms with Crippen molar-refractivity contribution in [2.75, 3.05) is 7.11 Å². The van der Waals surface area contributed by atoms with E-state index < -0.39 is 12.1 Å². The summed E-state index contributed by atoms with van der Waals surface area (Å²) < 4.78 is 10.7. The molecule has 0 heterocycles. The maximum absolute atomic E-state index is 11.8. The molecular weight excluding hydrogens is 304 g/mol. The van der Waals surface area contributed by atoms with Crippen molar-refractivity contribution in [2.45, 2.75) is 25.7 Å². The van der Waals surface area contributed by atoms with Crippen LogP contribution in [0.3, 0.4) is 0 Å². The average molecular weight is 324 g/mol. The Morgan fingerprint density at radius 2 is 1.83 bits per heavy atom. The summed E-state index contributed by atoms with van der Waals surface area (Å²) in [7, 11) is 1.45. The first-order valence-corrected chi connectivity index (χ1v) is 7.63. The normalized spacial score (nSPS) is 12.7. The zero-order chi connectivity index (χ0) is 17.4. The molecule has 0 bridgehead atoms. The van der Waals surface area contributed by atoms with Gasteiger partial charge in [0.1, 0.15) is 24.5 Å². The van der Waals surface area contributed by atoms with Gasteiger partial charge in [-0.1, -0.05) is 42.5 Å². The Balaban J connectivity index is 1.97. The van der Waals surface area contributed by atoms with Gasteiger partial charge >= 0.3 is 0 Å². The Hall–Kier alpha value is -2.84. The number of nitrogens with zero attached hydrogens (tertiary/aromatic N) is 1. The van der Waals surface area contributed by atoms with E-state index in [1.54, 1.807) is 31.2 Å². The van der Waals surface area contributed by atoms with Crippen molar-refractivity contribution in [3.8, 4) is 11.8 Å². The second kappa shape index (κ2) is 8.70. The summed E-state index contributed by atoms with van der Waals surface area (Å²) >= 11 is 0. The van der Waals surface area contributed by atoms with Crippen molar-refractivity contribution in [1.82, 2.24) is 5.32 Å². The van der Waals surface area contributed by atoms with Crippen LogP contribution in [-0.2, 0) is 16.1 Å². The predicted octanol–water partition coefficient (Wildman–Crippen LogP) is 2.98. The van der Waals surface area contributed by atoms with Crippen LogP contribution >= 0.6 is 0 Å². The van der Waals surface area contributed by atoms with E-state index in [9.17, 15) is 10.1 Å². The first-order chi connectivity index (χ1) is 11.6. The van der Waals surface area contributed by atoms with Crippen molar-refractivity contribution in [1.29, 1.82) is 5.26 Å². The third kappa shape index (κ3) is 4.83. The van der Waals surface area contributed by atoms with E-state index in [1.807, 2.05) is 30.3 Å². The Morgan fingerprint density at radius 1 is 1.17 bits per heavy atom. The Morgan fingerprint density at radius 3 is 2.42 bits per heavy atom. The molecule has 0 aromatic heterocycles. The first-order valence-electron chi connectivity index (χ1n) is 7.63. The van der Waals surface area contributed by atoms with Gasteiger partial charge in [-0.25, -0.2) is 0 Å². The fraction of sp³-hybridized carbons (Fsp3) is 0.263. The molecule has 5 heteroatoms. The molecule has 0 aliphatic rings. The SMILES string of the molecule is CO[C@H](C)C(=O)N[C@H](C#N)c1ccc(OCc2ccccc2)cc1. The zero-order valence-electron chi connectivity index (χ0n) is 13.7.